The van der Waals surface area contributed by atoms with Gasteiger partial charge in [-0.25, -0.2) is 0 Å². The van der Waals surface area contributed by atoms with Gasteiger partial charge in [-0.3, -0.25) is 4.79 Å². The molecule has 0 aromatic heterocycles. The number of rotatable bonds is 5. The minimum Gasteiger partial charge on any atom is -0.489 e. The predicted octanol–water partition coefficient (Wildman–Crippen LogP) is 4.01. The van der Waals surface area contributed by atoms with Crippen LogP contribution in [0.15, 0.2) is 48.5 Å². The molecule has 5 heteroatoms. The van der Waals surface area contributed by atoms with Gasteiger partial charge in [-0.2, -0.15) is 0 Å². The van der Waals surface area contributed by atoms with E-state index in [1.54, 1.807) is 6.07 Å². The summed E-state index contributed by atoms with van der Waals surface area (Å²) >= 11 is 6.17. The number of carbonyl (C=O) groups excluding carboxylic acids is 1. The molecule has 1 atom stereocenters. The van der Waals surface area contributed by atoms with Crippen molar-refractivity contribution in [2.24, 2.45) is 0 Å². The van der Waals surface area contributed by atoms with Gasteiger partial charge in [0.2, 0.25) is 5.91 Å². The van der Waals surface area contributed by atoms with Gasteiger partial charge in [0, 0.05) is 13.1 Å². The SMILES string of the molecule is Cc1ccc(Cl)c(OCC2(O)CCCN(C(=O)Cc3ccccc3)CC2)c1. The zero-order valence-electron chi connectivity index (χ0n) is 15.7. The van der Waals surface area contributed by atoms with Crippen molar-refractivity contribution < 1.29 is 14.6 Å². The van der Waals surface area contributed by atoms with Crippen molar-refractivity contribution in [2.75, 3.05) is 19.7 Å². The highest BCUT2D eigenvalue weighted by atomic mass is 35.5. The van der Waals surface area contributed by atoms with Crippen molar-refractivity contribution in [1.29, 1.82) is 0 Å². The lowest BCUT2D eigenvalue weighted by atomic mass is 9.96. The van der Waals surface area contributed by atoms with Crippen molar-refractivity contribution in [3.05, 3.63) is 64.7 Å². The molecule has 1 heterocycles. The van der Waals surface area contributed by atoms with Crippen LogP contribution in [-0.4, -0.2) is 41.2 Å². The molecule has 1 amide bonds. The Bertz CT molecular complexity index is 780. The Kier molecular flexibility index (Phi) is 6.40. The van der Waals surface area contributed by atoms with Gasteiger partial charge >= 0.3 is 0 Å². The summed E-state index contributed by atoms with van der Waals surface area (Å²) in [5.41, 5.74) is 1.12. The fraction of sp³-hybridized carbons (Fsp3) is 0.409. The number of halogens is 1. The maximum Gasteiger partial charge on any atom is 0.226 e. The number of likely N-dealkylation sites (tertiary alicyclic amines) is 1. The Labute approximate surface area is 165 Å². The lowest BCUT2D eigenvalue weighted by Gasteiger charge is -2.27. The van der Waals surface area contributed by atoms with Crippen LogP contribution in [0.25, 0.3) is 0 Å². The number of benzene rings is 2. The van der Waals surface area contributed by atoms with E-state index < -0.39 is 5.60 Å². The lowest BCUT2D eigenvalue weighted by Crippen LogP contribution is -2.38. The van der Waals surface area contributed by atoms with E-state index in [0.29, 0.717) is 43.1 Å². The molecule has 4 nitrogen and oxygen atoms in total. The first-order chi connectivity index (χ1) is 13.0. The third-order valence-corrected chi connectivity index (χ3v) is 5.36. The average Bonchev–Trinajstić information content (AvgIpc) is 2.86. The molecule has 0 bridgehead atoms. The summed E-state index contributed by atoms with van der Waals surface area (Å²) < 4.78 is 5.82. The third-order valence-electron chi connectivity index (χ3n) is 5.05. The summed E-state index contributed by atoms with van der Waals surface area (Å²) in [5, 5.41) is 11.5. The largest absolute Gasteiger partial charge is 0.489 e. The quantitative estimate of drug-likeness (QED) is 0.843. The molecule has 0 saturated carbocycles. The molecule has 0 radical (unpaired) electrons. The Balaban J connectivity index is 1.56. The molecule has 2 aromatic rings. The first kappa shape index (κ1) is 19.7. The van der Waals surface area contributed by atoms with Crippen LogP contribution in [0, 0.1) is 6.92 Å². The second kappa shape index (κ2) is 8.77. The molecule has 144 valence electrons. The minimum absolute atomic E-state index is 0.105. The van der Waals surface area contributed by atoms with Crippen molar-refractivity contribution >= 4 is 17.5 Å². The van der Waals surface area contributed by atoms with E-state index >= 15 is 0 Å². The lowest BCUT2D eigenvalue weighted by molar-refractivity contribution is -0.130. The van der Waals surface area contributed by atoms with Gasteiger partial charge in [0.05, 0.1) is 11.4 Å². The molecular weight excluding hydrogens is 362 g/mol. The van der Waals surface area contributed by atoms with Crippen molar-refractivity contribution in [2.45, 2.75) is 38.2 Å². The Hall–Kier alpha value is -2.04. The molecule has 3 rings (SSSR count). The number of hydrogen-bond acceptors (Lipinski definition) is 3. The van der Waals surface area contributed by atoms with E-state index in [-0.39, 0.29) is 12.5 Å². The van der Waals surface area contributed by atoms with Gasteiger partial charge in [0.25, 0.3) is 0 Å². The van der Waals surface area contributed by atoms with Gasteiger partial charge in [0.1, 0.15) is 18.0 Å². The van der Waals surface area contributed by atoms with Gasteiger partial charge in [-0.15, -0.1) is 0 Å². The molecule has 1 aliphatic rings. The van der Waals surface area contributed by atoms with Crippen LogP contribution in [0.2, 0.25) is 5.02 Å². The maximum absolute atomic E-state index is 12.6. The summed E-state index contributed by atoms with van der Waals surface area (Å²) in [5.74, 6) is 0.694. The van der Waals surface area contributed by atoms with Crippen LogP contribution in [0.4, 0.5) is 0 Å². The van der Waals surface area contributed by atoms with Crippen molar-refractivity contribution in [1.82, 2.24) is 4.90 Å². The van der Waals surface area contributed by atoms with E-state index in [1.807, 2.05) is 54.3 Å². The summed E-state index contributed by atoms with van der Waals surface area (Å²) in [6, 6.07) is 15.4. The zero-order valence-corrected chi connectivity index (χ0v) is 16.4. The van der Waals surface area contributed by atoms with Gasteiger partial charge in [-0.1, -0.05) is 48.0 Å². The minimum atomic E-state index is -0.950. The van der Waals surface area contributed by atoms with E-state index in [9.17, 15) is 9.90 Å². The van der Waals surface area contributed by atoms with Crippen molar-refractivity contribution in [3.63, 3.8) is 0 Å². The fourth-order valence-electron chi connectivity index (χ4n) is 3.39. The molecule has 1 aliphatic heterocycles. The number of nitrogens with zero attached hydrogens (tertiary/aromatic N) is 1. The molecule has 2 aromatic carbocycles. The normalized spacial score (nSPS) is 20.2. The molecule has 1 saturated heterocycles. The number of aliphatic hydroxyl groups is 1. The molecular formula is C22H26ClNO3. The Morgan fingerprint density at radius 2 is 1.96 bits per heavy atom. The van der Waals surface area contributed by atoms with E-state index in [2.05, 4.69) is 0 Å². The topological polar surface area (TPSA) is 49.8 Å². The highest BCUT2D eigenvalue weighted by Crippen LogP contribution is 2.29. The molecule has 0 aliphatic carbocycles. The summed E-state index contributed by atoms with van der Waals surface area (Å²) in [4.78, 5) is 14.4. The van der Waals surface area contributed by atoms with E-state index in [0.717, 1.165) is 17.5 Å². The Morgan fingerprint density at radius 3 is 2.74 bits per heavy atom. The Morgan fingerprint density at radius 1 is 1.19 bits per heavy atom. The van der Waals surface area contributed by atoms with Crippen molar-refractivity contribution in [3.8, 4) is 5.75 Å². The first-order valence-corrected chi connectivity index (χ1v) is 9.76. The van der Waals surface area contributed by atoms with Gasteiger partial charge in [-0.05, 0) is 49.4 Å². The van der Waals surface area contributed by atoms with Crippen LogP contribution in [0.5, 0.6) is 5.75 Å². The highest BCUT2D eigenvalue weighted by Gasteiger charge is 2.32. The van der Waals surface area contributed by atoms with Gasteiger partial charge in [0.15, 0.2) is 0 Å². The predicted molar refractivity (Wildman–Crippen MR) is 107 cm³/mol. The summed E-state index contributed by atoms with van der Waals surface area (Å²) in [7, 11) is 0. The van der Waals surface area contributed by atoms with E-state index in [1.165, 1.54) is 0 Å². The molecule has 1 unspecified atom stereocenters. The number of ether oxygens (including phenoxy) is 1. The van der Waals surface area contributed by atoms with Crippen LogP contribution in [0.3, 0.4) is 0 Å². The standard InChI is InChI=1S/C22H26ClNO3/c1-17-8-9-19(23)20(14-17)27-16-22(26)10-5-12-24(13-11-22)21(25)15-18-6-3-2-4-7-18/h2-4,6-9,14,26H,5,10-13,15-16H2,1H3. The first-order valence-electron chi connectivity index (χ1n) is 9.38. The van der Waals surface area contributed by atoms with Crippen LogP contribution >= 0.6 is 11.6 Å². The number of amides is 1. The summed E-state index contributed by atoms with van der Waals surface area (Å²) in [6.45, 7) is 3.35. The molecule has 27 heavy (non-hydrogen) atoms. The van der Waals surface area contributed by atoms with Crippen LogP contribution in [0.1, 0.15) is 30.4 Å². The maximum atomic E-state index is 12.6. The number of carbonyl (C=O) groups is 1. The van der Waals surface area contributed by atoms with E-state index in [4.69, 9.17) is 16.3 Å². The zero-order chi connectivity index (χ0) is 19.3. The second-order valence-corrected chi connectivity index (χ2v) is 7.75. The molecule has 1 fully saturated rings. The second-order valence-electron chi connectivity index (χ2n) is 7.34. The summed E-state index contributed by atoms with van der Waals surface area (Å²) in [6.07, 6.45) is 2.25. The van der Waals surface area contributed by atoms with Crippen LogP contribution in [-0.2, 0) is 11.2 Å². The van der Waals surface area contributed by atoms with Gasteiger partial charge < -0.3 is 14.7 Å². The number of hydrogen-bond donors (Lipinski definition) is 1. The molecule has 1 N–H and O–H groups in total. The average molecular weight is 388 g/mol. The smallest absolute Gasteiger partial charge is 0.226 e. The highest BCUT2D eigenvalue weighted by molar-refractivity contribution is 6.32. The third kappa shape index (κ3) is 5.47. The molecule has 0 spiro atoms. The van der Waals surface area contributed by atoms with Crippen LogP contribution < -0.4 is 4.74 Å². The number of aryl methyl sites for hydroxylation is 1. The monoisotopic (exact) mass is 387 g/mol. The fourth-order valence-corrected chi connectivity index (χ4v) is 3.56.